The maximum atomic E-state index is 13.3. The molecule has 0 aliphatic rings. The molecule has 0 radical (unpaired) electrons. The van der Waals surface area contributed by atoms with Crippen LogP contribution in [0, 0.1) is 11.6 Å². The minimum atomic E-state index is -0.638. The summed E-state index contributed by atoms with van der Waals surface area (Å²) in [7, 11) is 1.74. The highest BCUT2D eigenvalue weighted by atomic mass is 35.5. The highest BCUT2D eigenvalue weighted by Crippen LogP contribution is 2.15. The molecule has 3 nitrogen and oxygen atoms in total. The normalized spacial score (nSPS) is 9.69. The lowest BCUT2D eigenvalue weighted by Crippen LogP contribution is -1.98. The summed E-state index contributed by atoms with van der Waals surface area (Å²) >= 11 is 0. The van der Waals surface area contributed by atoms with Crippen molar-refractivity contribution in [1.82, 2.24) is 9.78 Å². The lowest BCUT2D eigenvalue weighted by molar-refractivity contribution is 0.573. The standard InChI is InChI=1S/C10H9F2N3.ClH/c1-13-8-5-14-15(6-8)10-3-2-7(11)4-9(10)12;/h2-6,13H,1H3;1H. The Kier molecular flexibility index (Phi) is 3.84. The van der Waals surface area contributed by atoms with E-state index in [1.54, 1.807) is 19.4 Å². The zero-order valence-corrected chi connectivity index (χ0v) is 9.26. The summed E-state index contributed by atoms with van der Waals surface area (Å²) in [6, 6.07) is 3.37. The second-order valence-corrected chi connectivity index (χ2v) is 3.02. The maximum absolute atomic E-state index is 13.3. The van der Waals surface area contributed by atoms with Gasteiger partial charge in [0.1, 0.15) is 11.5 Å². The largest absolute Gasteiger partial charge is 0.386 e. The first-order chi connectivity index (χ1) is 7.20. The Morgan fingerprint density at radius 2 is 2.06 bits per heavy atom. The second kappa shape index (κ2) is 4.94. The molecule has 0 aliphatic heterocycles. The van der Waals surface area contributed by atoms with Crippen LogP contribution in [-0.4, -0.2) is 16.8 Å². The molecule has 1 aromatic carbocycles. The Morgan fingerprint density at radius 3 is 2.62 bits per heavy atom. The molecule has 0 atom stereocenters. The third-order valence-corrected chi connectivity index (χ3v) is 2.03. The number of nitrogens with zero attached hydrogens (tertiary/aromatic N) is 2. The van der Waals surface area contributed by atoms with E-state index in [-0.39, 0.29) is 18.1 Å². The Balaban J connectivity index is 0.00000128. The van der Waals surface area contributed by atoms with Crippen LogP contribution in [0.15, 0.2) is 30.6 Å². The molecule has 0 saturated heterocycles. The van der Waals surface area contributed by atoms with Gasteiger partial charge < -0.3 is 5.32 Å². The molecule has 0 bridgehead atoms. The summed E-state index contributed by atoms with van der Waals surface area (Å²) in [6.07, 6.45) is 3.18. The molecule has 0 fully saturated rings. The molecule has 86 valence electrons. The highest BCUT2D eigenvalue weighted by Gasteiger charge is 2.06. The fraction of sp³-hybridized carbons (Fsp3) is 0.100. The van der Waals surface area contributed by atoms with Gasteiger partial charge in [-0.1, -0.05) is 0 Å². The average molecular weight is 246 g/mol. The summed E-state index contributed by atoms with van der Waals surface area (Å²) < 4.78 is 27.3. The van der Waals surface area contributed by atoms with Crippen LogP contribution in [0.3, 0.4) is 0 Å². The SMILES string of the molecule is CNc1cnn(-c2ccc(F)cc2F)c1.Cl. The predicted molar refractivity (Wildman–Crippen MR) is 60.3 cm³/mol. The van der Waals surface area contributed by atoms with E-state index < -0.39 is 11.6 Å². The van der Waals surface area contributed by atoms with E-state index in [4.69, 9.17) is 0 Å². The molecular weight excluding hydrogens is 236 g/mol. The first-order valence-corrected chi connectivity index (χ1v) is 4.38. The van der Waals surface area contributed by atoms with Gasteiger partial charge in [0.25, 0.3) is 0 Å². The Hall–Kier alpha value is -1.62. The van der Waals surface area contributed by atoms with E-state index in [0.717, 1.165) is 11.8 Å². The van der Waals surface area contributed by atoms with Crippen LogP contribution in [0.1, 0.15) is 0 Å². The predicted octanol–water partition coefficient (Wildman–Crippen LogP) is 2.61. The first kappa shape index (κ1) is 12.4. The molecule has 2 aromatic rings. The number of benzene rings is 1. The minimum Gasteiger partial charge on any atom is -0.386 e. The topological polar surface area (TPSA) is 29.9 Å². The molecule has 0 unspecified atom stereocenters. The number of hydrogen-bond donors (Lipinski definition) is 1. The van der Waals surface area contributed by atoms with Crippen molar-refractivity contribution in [2.45, 2.75) is 0 Å². The van der Waals surface area contributed by atoms with Crippen molar-refractivity contribution in [1.29, 1.82) is 0 Å². The summed E-state index contributed by atoms with van der Waals surface area (Å²) in [6.45, 7) is 0. The smallest absolute Gasteiger partial charge is 0.151 e. The average Bonchev–Trinajstić information content (AvgIpc) is 2.66. The van der Waals surface area contributed by atoms with E-state index in [9.17, 15) is 8.78 Å². The van der Waals surface area contributed by atoms with Crippen LogP contribution < -0.4 is 5.32 Å². The van der Waals surface area contributed by atoms with Gasteiger partial charge in [0, 0.05) is 13.1 Å². The molecule has 1 N–H and O–H groups in total. The monoisotopic (exact) mass is 245 g/mol. The molecule has 1 aromatic heterocycles. The van der Waals surface area contributed by atoms with Crippen molar-refractivity contribution >= 4 is 18.1 Å². The molecule has 6 heteroatoms. The Morgan fingerprint density at radius 1 is 1.31 bits per heavy atom. The van der Waals surface area contributed by atoms with Crippen molar-refractivity contribution in [3.63, 3.8) is 0 Å². The lowest BCUT2D eigenvalue weighted by atomic mass is 10.3. The fourth-order valence-corrected chi connectivity index (χ4v) is 1.25. The highest BCUT2D eigenvalue weighted by molar-refractivity contribution is 5.85. The van der Waals surface area contributed by atoms with Gasteiger partial charge in [0.05, 0.1) is 18.1 Å². The molecule has 16 heavy (non-hydrogen) atoms. The molecule has 1 heterocycles. The summed E-state index contributed by atoms with van der Waals surface area (Å²) in [5, 5.41) is 6.81. The number of nitrogens with one attached hydrogen (secondary N) is 1. The molecule has 0 spiro atoms. The van der Waals surface area contributed by atoms with E-state index in [1.807, 2.05) is 0 Å². The van der Waals surface area contributed by atoms with E-state index in [1.165, 1.54) is 16.8 Å². The van der Waals surface area contributed by atoms with Crippen molar-refractivity contribution < 1.29 is 8.78 Å². The van der Waals surface area contributed by atoms with Crippen LogP contribution in [-0.2, 0) is 0 Å². The molecule has 0 saturated carbocycles. The molecule has 0 amide bonds. The first-order valence-electron chi connectivity index (χ1n) is 4.38. The van der Waals surface area contributed by atoms with Crippen molar-refractivity contribution in [2.75, 3.05) is 12.4 Å². The summed E-state index contributed by atoms with van der Waals surface area (Å²) in [5.41, 5.74) is 0.983. The van der Waals surface area contributed by atoms with Crippen molar-refractivity contribution in [2.24, 2.45) is 0 Å². The minimum absolute atomic E-state index is 0. The molecular formula is C10H10ClF2N3. The summed E-state index contributed by atoms with van der Waals surface area (Å²) in [5.74, 6) is -1.24. The van der Waals surface area contributed by atoms with Gasteiger partial charge in [-0.25, -0.2) is 13.5 Å². The van der Waals surface area contributed by atoms with Gasteiger partial charge in [-0.05, 0) is 12.1 Å². The van der Waals surface area contributed by atoms with Crippen molar-refractivity contribution in [3.05, 3.63) is 42.2 Å². The van der Waals surface area contributed by atoms with Crippen molar-refractivity contribution in [3.8, 4) is 5.69 Å². The lowest BCUT2D eigenvalue weighted by Gasteiger charge is -2.02. The van der Waals surface area contributed by atoms with E-state index in [0.29, 0.717) is 0 Å². The van der Waals surface area contributed by atoms with Gasteiger partial charge in [0.15, 0.2) is 5.82 Å². The third-order valence-electron chi connectivity index (χ3n) is 2.03. The Bertz CT molecular complexity index is 485. The van der Waals surface area contributed by atoms with Gasteiger partial charge in [-0.2, -0.15) is 5.10 Å². The van der Waals surface area contributed by atoms with Crippen LogP contribution >= 0.6 is 12.4 Å². The maximum Gasteiger partial charge on any atom is 0.151 e. The number of hydrogen-bond acceptors (Lipinski definition) is 2. The quantitative estimate of drug-likeness (QED) is 0.882. The number of halogens is 3. The third kappa shape index (κ3) is 2.30. The van der Waals surface area contributed by atoms with E-state index >= 15 is 0 Å². The van der Waals surface area contributed by atoms with Gasteiger partial charge >= 0.3 is 0 Å². The van der Waals surface area contributed by atoms with Gasteiger partial charge in [-0.3, -0.25) is 0 Å². The zero-order chi connectivity index (χ0) is 10.8. The van der Waals surface area contributed by atoms with Crippen LogP contribution in [0.4, 0.5) is 14.5 Å². The molecule has 2 rings (SSSR count). The molecule has 0 aliphatic carbocycles. The van der Waals surface area contributed by atoms with E-state index in [2.05, 4.69) is 10.4 Å². The van der Waals surface area contributed by atoms with Crippen LogP contribution in [0.2, 0.25) is 0 Å². The van der Waals surface area contributed by atoms with Gasteiger partial charge in [0.2, 0.25) is 0 Å². The number of rotatable bonds is 2. The fourth-order valence-electron chi connectivity index (χ4n) is 1.25. The Labute approximate surface area is 97.5 Å². The van der Waals surface area contributed by atoms with Crippen LogP contribution in [0.5, 0.6) is 0 Å². The van der Waals surface area contributed by atoms with Gasteiger partial charge in [-0.15, -0.1) is 12.4 Å². The zero-order valence-electron chi connectivity index (χ0n) is 8.45. The second-order valence-electron chi connectivity index (χ2n) is 3.02. The van der Waals surface area contributed by atoms with Crippen LogP contribution in [0.25, 0.3) is 5.69 Å². The summed E-state index contributed by atoms with van der Waals surface area (Å²) in [4.78, 5) is 0. The number of aromatic nitrogens is 2. The number of anilines is 1.